The van der Waals surface area contributed by atoms with Crippen LogP contribution >= 0.6 is 23.2 Å². The number of phenols is 1. The number of hydrogen-bond donors (Lipinski definition) is 2. The minimum absolute atomic E-state index is 0.0407. The van der Waals surface area contributed by atoms with Crippen molar-refractivity contribution in [3.63, 3.8) is 0 Å². The van der Waals surface area contributed by atoms with Gasteiger partial charge in [0.2, 0.25) is 0 Å². The van der Waals surface area contributed by atoms with Crippen molar-refractivity contribution < 1.29 is 5.11 Å². The van der Waals surface area contributed by atoms with E-state index in [2.05, 4.69) is 11.8 Å². The van der Waals surface area contributed by atoms with E-state index in [1.54, 1.807) is 0 Å². The lowest BCUT2D eigenvalue weighted by atomic mass is 10.2. The maximum Gasteiger partial charge on any atom is 0.135 e. The molecule has 14 heavy (non-hydrogen) atoms. The number of nitrogens with two attached hydrogens (primary N) is 1. The summed E-state index contributed by atoms with van der Waals surface area (Å²) in [6, 6.07) is 2.90. The molecule has 0 saturated carbocycles. The fraction of sp³-hybridized carbons (Fsp3) is 0.200. The van der Waals surface area contributed by atoms with Crippen LogP contribution in [0.15, 0.2) is 12.1 Å². The van der Waals surface area contributed by atoms with Gasteiger partial charge in [0.1, 0.15) is 5.75 Å². The van der Waals surface area contributed by atoms with Crippen LogP contribution in [0.25, 0.3) is 0 Å². The Kier molecular flexibility index (Phi) is 4.09. The molecule has 0 aromatic heterocycles. The molecule has 4 heteroatoms. The molecule has 0 bridgehead atoms. The molecule has 0 amide bonds. The Morgan fingerprint density at radius 3 is 2.64 bits per heavy atom. The van der Waals surface area contributed by atoms with Gasteiger partial charge in [0, 0.05) is 24.6 Å². The lowest BCUT2D eigenvalue weighted by molar-refractivity contribution is 0.475. The van der Waals surface area contributed by atoms with E-state index >= 15 is 0 Å². The van der Waals surface area contributed by atoms with Crippen LogP contribution in [0, 0.1) is 11.8 Å². The van der Waals surface area contributed by atoms with Gasteiger partial charge in [-0.15, -0.1) is 0 Å². The molecule has 0 unspecified atom stereocenters. The number of hydrogen-bond acceptors (Lipinski definition) is 2. The summed E-state index contributed by atoms with van der Waals surface area (Å²) >= 11 is 11.5. The van der Waals surface area contributed by atoms with Crippen molar-refractivity contribution in [2.45, 2.75) is 6.42 Å². The van der Waals surface area contributed by atoms with Gasteiger partial charge in [-0.1, -0.05) is 35.0 Å². The molecule has 1 aromatic carbocycles. The highest BCUT2D eigenvalue weighted by atomic mass is 35.5. The molecule has 0 saturated heterocycles. The summed E-state index contributed by atoms with van der Waals surface area (Å²) in [6.07, 6.45) is 0.606. The van der Waals surface area contributed by atoms with Crippen LogP contribution in [-0.2, 0) is 0 Å². The summed E-state index contributed by atoms with van der Waals surface area (Å²) in [5.41, 5.74) is 5.88. The normalized spacial score (nSPS) is 9.36. The average molecular weight is 230 g/mol. The molecule has 0 fully saturated rings. The lowest BCUT2D eigenvalue weighted by Crippen LogP contribution is -1.95. The van der Waals surface area contributed by atoms with Crippen molar-refractivity contribution in [3.05, 3.63) is 27.7 Å². The Hall–Kier alpha value is -0.880. The van der Waals surface area contributed by atoms with E-state index in [9.17, 15) is 5.11 Å². The fourth-order valence-corrected chi connectivity index (χ4v) is 1.23. The molecule has 1 aromatic rings. The second kappa shape index (κ2) is 5.11. The van der Waals surface area contributed by atoms with Gasteiger partial charge < -0.3 is 10.8 Å². The summed E-state index contributed by atoms with van der Waals surface area (Å²) < 4.78 is 0. The topological polar surface area (TPSA) is 46.2 Å². The van der Waals surface area contributed by atoms with E-state index in [-0.39, 0.29) is 10.8 Å². The number of rotatable bonds is 1. The van der Waals surface area contributed by atoms with Gasteiger partial charge in [0.05, 0.1) is 10.0 Å². The highest BCUT2D eigenvalue weighted by molar-refractivity contribution is 6.35. The highest BCUT2D eigenvalue weighted by Gasteiger charge is 2.03. The largest absolute Gasteiger partial charge is 0.506 e. The Bertz CT molecular complexity index is 393. The van der Waals surface area contributed by atoms with Crippen molar-refractivity contribution >= 4 is 23.2 Å². The molecule has 0 spiro atoms. The zero-order valence-electron chi connectivity index (χ0n) is 7.35. The van der Waals surface area contributed by atoms with Crippen LogP contribution in [0.3, 0.4) is 0 Å². The van der Waals surface area contributed by atoms with Gasteiger partial charge in [-0.3, -0.25) is 0 Å². The third-order valence-corrected chi connectivity index (χ3v) is 2.14. The van der Waals surface area contributed by atoms with Crippen molar-refractivity contribution in [3.8, 4) is 17.6 Å². The summed E-state index contributed by atoms with van der Waals surface area (Å²) in [6.45, 7) is 0.510. The SMILES string of the molecule is NCCC#Cc1cc(Cl)c(O)cc1Cl. The van der Waals surface area contributed by atoms with E-state index in [1.807, 2.05) is 0 Å². The predicted octanol–water partition coefficient (Wildman–Crippen LogP) is 2.40. The first-order chi connectivity index (χ1) is 6.65. The first-order valence-electron chi connectivity index (χ1n) is 4.02. The van der Waals surface area contributed by atoms with Crippen LogP contribution in [0.4, 0.5) is 0 Å². The van der Waals surface area contributed by atoms with Crippen molar-refractivity contribution in [2.24, 2.45) is 5.73 Å². The van der Waals surface area contributed by atoms with E-state index in [0.29, 0.717) is 23.6 Å². The molecule has 0 atom stereocenters. The highest BCUT2D eigenvalue weighted by Crippen LogP contribution is 2.29. The Labute approximate surface area is 92.6 Å². The molecule has 0 radical (unpaired) electrons. The number of aromatic hydroxyl groups is 1. The molecule has 2 nitrogen and oxygen atoms in total. The number of phenolic OH excluding ortho intramolecular Hbond substituents is 1. The van der Waals surface area contributed by atoms with Gasteiger partial charge in [-0.25, -0.2) is 0 Å². The van der Waals surface area contributed by atoms with Crippen molar-refractivity contribution in [1.29, 1.82) is 0 Å². The van der Waals surface area contributed by atoms with Crippen LogP contribution in [-0.4, -0.2) is 11.7 Å². The van der Waals surface area contributed by atoms with Crippen LogP contribution in [0.1, 0.15) is 12.0 Å². The Morgan fingerprint density at radius 1 is 1.29 bits per heavy atom. The second-order valence-corrected chi connectivity index (χ2v) is 3.44. The third-order valence-electron chi connectivity index (χ3n) is 1.53. The molecule has 0 heterocycles. The summed E-state index contributed by atoms with van der Waals surface area (Å²) in [7, 11) is 0. The smallest absolute Gasteiger partial charge is 0.135 e. The summed E-state index contributed by atoms with van der Waals surface area (Å²) in [5, 5.41) is 9.84. The van der Waals surface area contributed by atoms with Gasteiger partial charge in [-0.2, -0.15) is 0 Å². The predicted molar refractivity (Wildman–Crippen MR) is 58.7 cm³/mol. The van der Waals surface area contributed by atoms with Crippen molar-refractivity contribution in [2.75, 3.05) is 6.54 Å². The zero-order valence-corrected chi connectivity index (χ0v) is 8.86. The lowest BCUT2D eigenvalue weighted by Gasteiger charge is -1.99. The van der Waals surface area contributed by atoms with Crippen LogP contribution < -0.4 is 5.73 Å². The number of halogens is 2. The first-order valence-corrected chi connectivity index (χ1v) is 4.77. The zero-order chi connectivity index (χ0) is 10.6. The van der Waals surface area contributed by atoms with E-state index in [4.69, 9.17) is 28.9 Å². The van der Waals surface area contributed by atoms with E-state index < -0.39 is 0 Å². The van der Waals surface area contributed by atoms with Crippen LogP contribution in [0.2, 0.25) is 10.0 Å². The Balaban J connectivity index is 3.00. The Morgan fingerprint density at radius 2 is 2.00 bits per heavy atom. The quantitative estimate of drug-likeness (QED) is 0.727. The maximum atomic E-state index is 9.21. The molecule has 1 rings (SSSR count). The minimum Gasteiger partial charge on any atom is -0.506 e. The summed E-state index contributed by atoms with van der Waals surface area (Å²) in [4.78, 5) is 0. The molecule has 74 valence electrons. The average Bonchev–Trinajstić information content (AvgIpc) is 2.14. The minimum atomic E-state index is -0.0407. The second-order valence-electron chi connectivity index (χ2n) is 2.62. The standard InChI is InChI=1S/C10H9Cl2NO/c11-8-6-10(14)9(12)5-7(8)3-1-2-4-13/h5-6,14H,2,4,13H2. The maximum absolute atomic E-state index is 9.21. The van der Waals surface area contributed by atoms with E-state index in [1.165, 1.54) is 12.1 Å². The monoisotopic (exact) mass is 229 g/mol. The summed E-state index contributed by atoms with van der Waals surface area (Å²) in [5.74, 6) is 5.62. The van der Waals surface area contributed by atoms with Gasteiger partial charge in [-0.05, 0) is 6.07 Å². The van der Waals surface area contributed by atoms with Crippen molar-refractivity contribution in [1.82, 2.24) is 0 Å². The molecule has 0 aliphatic carbocycles. The fourth-order valence-electron chi connectivity index (χ4n) is 0.862. The first kappa shape index (κ1) is 11.2. The third kappa shape index (κ3) is 2.81. The molecule has 0 aliphatic heterocycles. The number of benzene rings is 1. The van der Waals surface area contributed by atoms with Crippen LogP contribution in [0.5, 0.6) is 5.75 Å². The molecule has 3 N–H and O–H groups in total. The van der Waals surface area contributed by atoms with Gasteiger partial charge in [0.15, 0.2) is 0 Å². The molecular weight excluding hydrogens is 221 g/mol. The molecular formula is C10H9Cl2NO. The van der Waals surface area contributed by atoms with Gasteiger partial charge >= 0.3 is 0 Å². The van der Waals surface area contributed by atoms with E-state index in [0.717, 1.165) is 0 Å². The van der Waals surface area contributed by atoms with Gasteiger partial charge in [0.25, 0.3) is 0 Å². The molecule has 0 aliphatic rings.